The summed E-state index contributed by atoms with van der Waals surface area (Å²) < 4.78 is 4.79. The van der Waals surface area contributed by atoms with Crippen LogP contribution in [0.2, 0.25) is 0 Å². The summed E-state index contributed by atoms with van der Waals surface area (Å²) in [6, 6.07) is 0. The topological polar surface area (TPSA) is 63.6 Å². The van der Waals surface area contributed by atoms with Gasteiger partial charge in [-0.25, -0.2) is 9.59 Å². The third kappa shape index (κ3) is 6.22. The molecule has 0 rings (SSSR count). The van der Waals surface area contributed by atoms with Crippen LogP contribution >= 0.6 is 0 Å². The van der Waals surface area contributed by atoms with Gasteiger partial charge in [0.2, 0.25) is 0 Å². The predicted molar refractivity (Wildman–Crippen MR) is 51.9 cm³/mol. The lowest BCUT2D eigenvalue weighted by Gasteiger charge is -2.00. The third-order valence-electron chi connectivity index (χ3n) is 1.66. The monoisotopic (exact) mass is 200 g/mol. The van der Waals surface area contributed by atoms with Crippen LogP contribution in [0.15, 0.2) is 11.6 Å². The van der Waals surface area contributed by atoms with Crippen LogP contribution in [0.3, 0.4) is 0 Å². The van der Waals surface area contributed by atoms with Crippen LogP contribution < -0.4 is 0 Å². The highest BCUT2D eigenvalue weighted by Crippen LogP contribution is 1.97. The number of aliphatic carboxylic acids is 1. The molecular formula is C10H16O4. The van der Waals surface area contributed by atoms with Crippen molar-refractivity contribution in [3.63, 3.8) is 0 Å². The van der Waals surface area contributed by atoms with Crippen LogP contribution in [-0.4, -0.2) is 23.7 Å². The molecule has 0 bridgehead atoms. The maximum absolute atomic E-state index is 11.0. The molecule has 4 heteroatoms. The number of carbonyl (C=O) groups is 2. The van der Waals surface area contributed by atoms with Gasteiger partial charge in [0, 0.05) is 11.6 Å². The van der Waals surface area contributed by atoms with Crippen molar-refractivity contribution in [2.24, 2.45) is 0 Å². The molecule has 0 aromatic carbocycles. The maximum Gasteiger partial charge on any atom is 0.331 e. The summed E-state index contributed by atoms with van der Waals surface area (Å²) >= 11 is 0. The van der Waals surface area contributed by atoms with E-state index < -0.39 is 11.9 Å². The molecule has 0 unspecified atom stereocenters. The minimum Gasteiger partial charge on any atom is -0.478 e. The smallest absolute Gasteiger partial charge is 0.331 e. The van der Waals surface area contributed by atoms with E-state index in [1.165, 1.54) is 6.92 Å². The summed E-state index contributed by atoms with van der Waals surface area (Å²) in [7, 11) is 0. The number of esters is 1. The molecule has 0 aromatic rings. The summed E-state index contributed by atoms with van der Waals surface area (Å²) in [5.41, 5.74) is -0.00880. The Morgan fingerprint density at radius 1 is 1.36 bits per heavy atom. The van der Waals surface area contributed by atoms with Gasteiger partial charge in [-0.2, -0.15) is 0 Å². The quantitative estimate of drug-likeness (QED) is 0.403. The zero-order valence-electron chi connectivity index (χ0n) is 8.58. The average Bonchev–Trinajstić information content (AvgIpc) is 2.12. The lowest BCUT2D eigenvalue weighted by atomic mass is 10.3. The molecule has 0 heterocycles. The Morgan fingerprint density at radius 2 is 2.00 bits per heavy atom. The maximum atomic E-state index is 11.0. The molecule has 1 N–H and O–H groups in total. The lowest BCUT2D eigenvalue weighted by molar-refractivity contribution is -0.139. The van der Waals surface area contributed by atoms with Crippen molar-refractivity contribution < 1.29 is 19.4 Å². The molecule has 0 saturated carbocycles. The van der Waals surface area contributed by atoms with E-state index in [1.807, 2.05) is 0 Å². The van der Waals surface area contributed by atoms with Crippen LogP contribution in [0.4, 0.5) is 0 Å². The first-order valence-electron chi connectivity index (χ1n) is 4.66. The highest BCUT2D eigenvalue weighted by Gasteiger charge is 2.04. The number of unbranched alkanes of at least 4 members (excludes halogenated alkanes) is 2. The molecule has 0 aliphatic rings. The second-order valence-corrected chi connectivity index (χ2v) is 3.01. The van der Waals surface area contributed by atoms with Gasteiger partial charge in [-0.3, -0.25) is 0 Å². The van der Waals surface area contributed by atoms with E-state index in [1.54, 1.807) is 0 Å². The average molecular weight is 200 g/mol. The van der Waals surface area contributed by atoms with E-state index in [2.05, 4.69) is 6.92 Å². The van der Waals surface area contributed by atoms with Crippen molar-refractivity contribution in [1.82, 2.24) is 0 Å². The number of ether oxygens (including phenoxy) is 1. The van der Waals surface area contributed by atoms with Crippen molar-refractivity contribution >= 4 is 11.9 Å². The SMILES string of the molecule is CCCCCOC(=O)/C=C(\C)C(=O)O. The zero-order chi connectivity index (χ0) is 11.0. The van der Waals surface area contributed by atoms with Crippen molar-refractivity contribution in [2.75, 3.05) is 6.61 Å². The van der Waals surface area contributed by atoms with Crippen molar-refractivity contribution in [3.8, 4) is 0 Å². The molecule has 14 heavy (non-hydrogen) atoms. The number of hydrogen-bond donors (Lipinski definition) is 1. The number of hydrogen-bond acceptors (Lipinski definition) is 3. The molecule has 0 fully saturated rings. The highest BCUT2D eigenvalue weighted by atomic mass is 16.5. The summed E-state index contributed by atoms with van der Waals surface area (Å²) in [5.74, 6) is -1.68. The number of carbonyl (C=O) groups excluding carboxylic acids is 1. The molecule has 0 amide bonds. The van der Waals surface area contributed by atoms with Gasteiger partial charge in [-0.05, 0) is 13.3 Å². The molecule has 0 aliphatic carbocycles. The van der Waals surface area contributed by atoms with E-state index in [-0.39, 0.29) is 5.57 Å². The number of carboxylic acids is 1. The number of rotatable bonds is 6. The largest absolute Gasteiger partial charge is 0.478 e. The third-order valence-corrected chi connectivity index (χ3v) is 1.66. The van der Waals surface area contributed by atoms with Crippen LogP contribution in [0.25, 0.3) is 0 Å². The number of carboxylic acid groups (broad SMARTS) is 1. The van der Waals surface area contributed by atoms with Crippen LogP contribution in [0, 0.1) is 0 Å². The minimum absolute atomic E-state index is 0.00880. The molecule has 0 saturated heterocycles. The normalized spacial score (nSPS) is 11.1. The molecular weight excluding hydrogens is 184 g/mol. The highest BCUT2D eigenvalue weighted by molar-refractivity contribution is 5.94. The van der Waals surface area contributed by atoms with E-state index in [9.17, 15) is 9.59 Å². The molecule has 80 valence electrons. The summed E-state index contributed by atoms with van der Waals surface area (Å²) in [6.07, 6.45) is 3.88. The summed E-state index contributed by atoms with van der Waals surface area (Å²) in [5, 5.41) is 8.46. The first-order valence-corrected chi connectivity index (χ1v) is 4.66. The van der Waals surface area contributed by atoms with Gasteiger partial charge in [0.05, 0.1) is 6.61 Å². The Balaban J connectivity index is 3.75. The second kappa shape index (κ2) is 7.12. The molecule has 0 atom stereocenters. The van der Waals surface area contributed by atoms with Gasteiger partial charge < -0.3 is 9.84 Å². The standard InChI is InChI=1S/C10H16O4/c1-3-4-5-6-14-9(11)7-8(2)10(12)13/h7H,3-6H2,1-2H3,(H,12,13)/b8-7+. The van der Waals surface area contributed by atoms with Crippen LogP contribution in [0.1, 0.15) is 33.1 Å². The van der Waals surface area contributed by atoms with Gasteiger partial charge in [0.1, 0.15) is 0 Å². The van der Waals surface area contributed by atoms with E-state index in [0.717, 1.165) is 25.3 Å². The van der Waals surface area contributed by atoms with Gasteiger partial charge in [0.15, 0.2) is 0 Å². The Labute approximate surface area is 83.6 Å². The second-order valence-electron chi connectivity index (χ2n) is 3.01. The van der Waals surface area contributed by atoms with Gasteiger partial charge in [-0.1, -0.05) is 19.8 Å². The fraction of sp³-hybridized carbons (Fsp3) is 0.600. The first kappa shape index (κ1) is 12.7. The van der Waals surface area contributed by atoms with Crippen molar-refractivity contribution in [3.05, 3.63) is 11.6 Å². The molecule has 0 spiro atoms. The first-order chi connectivity index (χ1) is 6.57. The van der Waals surface area contributed by atoms with Gasteiger partial charge >= 0.3 is 11.9 Å². The van der Waals surface area contributed by atoms with E-state index in [4.69, 9.17) is 9.84 Å². The molecule has 0 aliphatic heterocycles. The van der Waals surface area contributed by atoms with Gasteiger partial charge in [0.25, 0.3) is 0 Å². The Morgan fingerprint density at radius 3 is 2.50 bits per heavy atom. The van der Waals surface area contributed by atoms with Crippen molar-refractivity contribution in [1.29, 1.82) is 0 Å². The summed E-state index contributed by atoms with van der Waals surface area (Å²) in [6.45, 7) is 3.77. The zero-order valence-corrected chi connectivity index (χ0v) is 8.58. The van der Waals surface area contributed by atoms with Crippen LogP contribution in [-0.2, 0) is 14.3 Å². The van der Waals surface area contributed by atoms with E-state index >= 15 is 0 Å². The molecule has 0 aromatic heterocycles. The minimum atomic E-state index is -1.10. The van der Waals surface area contributed by atoms with Crippen LogP contribution in [0.5, 0.6) is 0 Å². The Hall–Kier alpha value is -1.32. The molecule has 4 nitrogen and oxygen atoms in total. The fourth-order valence-corrected chi connectivity index (χ4v) is 0.805. The van der Waals surface area contributed by atoms with E-state index in [0.29, 0.717) is 6.61 Å². The lowest BCUT2D eigenvalue weighted by Crippen LogP contribution is -2.06. The van der Waals surface area contributed by atoms with Crippen molar-refractivity contribution in [2.45, 2.75) is 33.1 Å². The van der Waals surface area contributed by atoms with Gasteiger partial charge in [-0.15, -0.1) is 0 Å². The summed E-state index contributed by atoms with van der Waals surface area (Å²) in [4.78, 5) is 21.3. The Bertz CT molecular complexity index is 230. The Kier molecular flexibility index (Phi) is 6.45. The molecule has 0 radical (unpaired) electrons. The fourth-order valence-electron chi connectivity index (χ4n) is 0.805. The predicted octanol–water partition coefficient (Wildman–Crippen LogP) is 1.75.